The number of aryl methyl sites for hydroxylation is 2. The smallest absolute Gasteiger partial charge is 0.258 e. The number of amides is 1. The van der Waals surface area contributed by atoms with Crippen LogP contribution in [0.3, 0.4) is 0 Å². The zero-order valence-corrected chi connectivity index (χ0v) is 21.3. The number of anilines is 1. The highest BCUT2D eigenvalue weighted by molar-refractivity contribution is 7.15. The Bertz CT molecular complexity index is 1640. The van der Waals surface area contributed by atoms with Crippen molar-refractivity contribution in [1.29, 1.82) is 0 Å². The van der Waals surface area contributed by atoms with Crippen molar-refractivity contribution in [2.24, 2.45) is 0 Å². The summed E-state index contributed by atoms with van der Waals surface area (Å²) in [5.74, 6) is 5.92. The average Bonchev–Trinajstić information content (AvgIpc) is 3.44. The summed E-state index contributed by atoms with van der Waals surface area (Å²) in [6, 6.07) is 3.14. The number of ether oxygens (including phenoxy) is 1. The van der Waals surface area contributed by atoms with Crippen LogP contribution >= 0.6 is 22.7 Å². The third-order valence-electron chi connectivity index (χ3n) is 5.27. The molecule has 0 radical (unpaired) electrons. The number of carbonyl (C=O) groups is 1. The second-order valence-electron chi connectivity index (χ2n) is 8.00. The molecule has 1 aliphatic rings. The number of thiazole rings is 1. The Morgan fingerprint density at radius 2 is 2.06 bits per heavy atom. The Kier molecular flexibility index (Phi) is 6.45. The molecule has 1 aliphatic carbocycles. The van der Waals surface area contributed by atoms with E-state index in [2.05, 4.69) is 37.3 Å². The summed E-state index contributed by atoms with van der Waals surface area (Å²) in [6.45, 7) is 4.03. The van der Waals surface area contributed by atoms with Crippen LogP contribution in [0.15, 0.2) is 46.4 Å². The van der Waals surface area contributed by atoms with Gasteiger partial charge in [-0.15, -0.1) is 21.5 Å². The van der Waals surface area contributed by atoms with Crippen LogP contribution in [0.5, 0.6) is 5.75 Å². The van der Waals surface area contributed by atoms with Gasteiger partial charge in [-0.1, -0.05) is 23.3 Å². The van der Waals surface area contributed by atoms with Crippen LogP contribution in [0.4, 0.5) is 5.13 Å². The predicted molar refractivity (Wildman–Crippen MR) is 139 cm³/mol. The van der Waals surface area contributed by atoms with Gasteiger partial charge in [-0.25, -0.2) is 4.98 Å². The molecule has 0 aliphatic heterocycles. The standard InChI is InChI=1S/C25H20N6O3S2/c1-14-8-18(21(34-3)10-26-14)20-12-31(11-17-13-35-15(2)27-17)23(32)9-19(20)24(33)28-25-30-29-22(36-25)7-6-16-4-5-16/h4,8-10,12-13H,5,11H2,1-3H3,(H,28,30,33). The summed E-state index contributed by atoms with van der Waals surface area (Å²) in [5, 5.41) is 14.4. The van der Waals surface area contributed by atoms with Crippen LogP contribution in [0.2, 0.25) is 0 Å². The molecule has 180 valence electrons. The van der Waals surface area contributed by atoms with Gasteiger partial charge in [-0.3, -0.25) is 19.9 Å². The molecular formula is C25H20N6O3S2. The number of nitrogens with one attached hydrogen (secondary N) is 1. The predicted octanol–water partition coefficient (Wildman–Crippen LogP) is 3.83. The van der Waals surface area contributed by atoms with Crippen molar-refractivity contribution < 1.29 is 9.53 Å². The quantitative estimate of drug-likeness (QED) is 0.388. The molecule has 0 bridgehead atoms. The molecular weight excluding hydrogens is 496 g/mol. The van der Waals surface area contributed by atoms with Gasteiger partial charge in [0.1, 0.15) is 5.75 Å². The first-order valence-corrected chi connectivity index (χ1v) is 12.6. The van der Waals surface area contributed by atoms with Crippen LogP contribution in [-0.2, 0) is 6.54 Å². The lowest BCUT2D eigenvalue weighted by Crippen LogP contribution is -2.24. The molecule has 0 atom stereocenters. The van der Waals surface area contributed by atoms with E-state index in [4.69, 9.17) is 4.74 Å². The molecule has 4 heterocycles. The highest BCUT2D eigenvalue weighted by Gasteiger charge is 2.21. The topological polar surface area (TPSA) is 112 Å². The van der Waals surface area contributed by atoms with Gasteiger partial charge in [0.2, 0.25) is 5.13 Å². The van der Waals surface area contributed by atoms with Gasteiger partial charge in [0, 0.05) is 40.0 Å². The van der Waals surface area contributed by atoms with E-state index in [1.54, 1.807) is 12.4 Å². The zero-order valence-electron chi connectivity index (χ0n) is 19.7. The number of hydrogen-bond donors (Lipinski definition) is 1. The lowest BCUT2D eigenvalue weighted by molar-refractivity contribution is 0.102. The van der Waals surface area contributed by atoms with Crippen molar-refractivity contribution in [3.05, 3.63) is 78.9 Å². The normalized spacial score (nSPS) is 11.9. The highest BCUT2D eigenvalue weighted by Crippen LogP contribution is 2.32. The maximum Gasteiger partial charge on any atom is 0.258 e. The second kappa shape index (κ2) is 9.85. The van der Waals surface area contributed by atoms with Crippen molar-refractivity contribution in [3.63, 3.8) is 0 Å². The van der Waals surface area contributed by atoms with Crippen molar-refractivity contribution in [1.82, 2.24) is 24.7 Å². The molecule has 0 saturated carbocycles. The molecule has 0 fully saturated rings. The molecule has 1 N–H and O–H groups in total. The Balaban J connectivity index is 1.54. The van der Waals surface area contributed by atoms with Gasteiger partial charge >= 0.3 is 0 Å². The number of rotatable bonds is 6. The van der Waals surface area contributed by atoms with Crippen molar-refractivity contribution in [2.45, 2.75) is 26.8 Å². The Hall–Kier alpha value is -4.14. The molecule has 4 aromatic heterocycles. The molecule has 0 saturated heterocycles. The number of carbonyl (C=O) groups excluding carboxylic acids is 1. The average molecular weight is 517 g/mol. The maximum absolute atomic E-state index is 13.4. The summed E-state index contributed by atoms with van der Waals surface area (Å²) < 4.78 is 7.05. The molecule has 9 nitrogen and oxygen atoms in total. The number of pyridine rings is 2. The summed E-state index contributed by atoms with van der Waals surface area (Å²) in [5.41, 5.74) is 3.58. The minimum absolute atomic E-state index is 0.181. The summed E-state index contributed by atoms with van der Waals surface area (Å²) in [7, 11) is 1.53. The summed E-state index contributed by atoms with van der Waals surface area (Å²) >= 11 is 2.68. The monoisotopic (exact) mass is 516 g/mol. The summed E-state index contributed by atoms with van der Waals surface area (Å²) in [4.78, 5) is 35.2. The largest absolute Gasteiger partial charge is 0.494 e. The molecule has 1 amide bonds. The van der Waals surface area contributed by atoms with Gasteiger partial charge in [-0.2, -0.15) is 0 Å². The molecule has 36 heavy (non-hydrogen) atoms. The van der Waals surface area contributed by atoms with Crippen LogP contribution in [0, 0.1) is 25.7 Å². The fraction of sp³-hybridized carbons (Fsp3) is 0.200. The van der Waals surface area contributed by atoms with Gasteiger partial charge in [0.25, 0.3) is 11.5 Å². The molecule has 5 rings (SSSR count). The van der Waals surface area contributed by atoms with Crippen LogP contribution in [0.1, 0.15) is 38.2 Å². The Morgan fingerprint density at radius 3 is 2.78 bits per heavy atom. The third kappa shape index (κ3) is 5.25. The van der Waals surface area contributed by atoms with E-state index in [0.29, 0.717) is 27.0 Å². The Morgan fingerprint density at radius 1 is 1.22 bits per heavy atom. The number of methoxy groups -OCH3 is 1. The van der Waals surface area contributed by atoms with Crippen molar-refractivity contribution in [3.8, 4) is 28.7 Å². The lowest BCUT2D eigenvalue weighted by atomic mass is 10.0. The van der Waals surface area contributed by atoms with E-state index < -0.39 is 5.91 Å². The van der Waals surface area contributed by atoms with Gasteiger partial charge in [0.05, 0.1) is 36.1 Å². The minimum atomic E-state index is -0.490. The minimum Gasteiger partial charge on any atom is -0.494 e. The van der Waals surface area contributed by atoms with Crippen LogP contribution in [-0.4, -0.2) is 37.7 Å². The first kappa shape index (κ1) is 23.6. The number of hydrogen-bond acceptors (Lipinski definition) is 9. The van der Waals surface area contributed by atoms with Crippen molar-refractivity contribution >= 4 is 33.7 Å². The van der Waals surface area contributed by atoms with Crippen molar-refractivity contribution in [2.75, 3.05) is 12.4 Å². The fourth-order valence-electron chi connectivity index (χ4n) is 3.45. The van der Waals surface area contributed by atoms with E-state index in [9.17, 15) is 9.59 Å². The number of aromatic nitrogens is 5. The first-order chi connectivity index (χ1) is 17.4. The van der Waals surface area contributed by atoms with E-state index in [1.807, 2.05) is 31.4 Å². The third-order valence-corrected chi connectivity index (χ3v) is 6.84. The highest BCUT2D eigenvalue weighted by atomic mass is 32.1. The number of allylic oxidation sites excluding steroid dienone is 2. The van der Waals surface area contributed by atoms with E-state index in [-0.39, 0.29) is 17.7 Å². The summed E-state index contributed by atoms with van der Waals surface area (Å²) in [6.07, 6.45) is 6.18. The van der Waals surface area contributed by atoms with Crippen LogP contribution in [0.25, 0.3) is 11.1 Å². The first-order valence-electron chi connectivity index (χ1n) is 10.9. The number of nitrogens with zero attached hydrogens (tertiary/aromatic N) is 5. The Labute approximate surface area is 214 Å². The van der Waals surface area contributed by atoms with Crippen LogP contribution < -0.4 is 15.6 Å². The second-order valence-corrected chi connectivity index (χ2v) is 10.0. The van der Waals surface area contributed by atoms with Gasteiger partial charge < -0.3 is 9.30 Å². The molecule has 0 unspecified atom stereocenters. The SMILES string of the molecule is COc1cnc(C)cc1-c1cn(Cc2csc(C)n2)c(=O)cc1C(=O)Nc1nnc(C#CC2=CC2)s1. The zero-order chi connectivity index (χ0) is 25.2. The van der Waals surface area contributed by atoms with Gasteiger partial charge in [0.15, 0.2) is 5.01 Å². The maximum atomic E-state index is 13.4. The van der Waals surface area contributed by atoms with E-state index in [1.165, 1.54) is 40.4 Å². The van der Waals surface area contributed by atoms with E-state index >= 15 is 0 Å². The molecule has 11 heteroatoms. The van der Waals surface area contributed by atoms with E-state index in [0.717, 1.165) is 28.4 Å². The fourth-order valence-corrected chi connectivity index (χ4v) is 4.65. The van der Waals surface area contributed by atoms with Gasteiger partial charge in [-0.05, 0) is 32.3 Å². The molecule has 0 spiro atoms. The molecule has 0 aromatic carbocycles. The molecule has 4 aromatic rings. The lowest BCUT2D eigenvalue weighted by Gasteiger charge is -2.15.